The van der Waals surface area contributed by atoms with Gasteiger partial charge >= 0.3 is 0 Å². The molecule has 1 aromatic carbocycles. The summed E-state index contributed by atoms with van der Waals surface area (Å²) in [5, 5.41) is 3.41. The lowest BCUT2D eigenvalue weighted by Gasteiger charge is -2.39. The predicted molar refractivity (Wildman–Crippen MR) is 95.9 cm³/mol. The third kappa shape index (κ3) is 4.15. The Hall–Kier alpha value is -1.77. The van der Waals surface area contributed by atoms with Crippen LogP contribution in [0.25, 0.3) is 0 Å². The number of benzene rings is 1. The zero-order chi connectivity index (χ0) is 17.0. The molecule has 0 heterocycles. The van der Waals surface area contributed by atoms with E-state index >= 15 is 0 Å². The van der Waals surface area contributed by atoms with Crippen molar-refractivity contribution in [1.29, 1.82) is 0 Å². The lowest BCUT2D eigenvalue weighted by atomic mass is 9.64. The number of anilines is 1. The molecule has 3 atom stereocenters. The van der Waals surface area contributed by atoms with Gasteiger partial charge in [-0.25, -0.2) is 0 Å². The molecule has 126 valence electrons. The van der Waals surface area contributed by atoms with E-state index in [4.69, 9.17) is 4.74 Å². The summed E-state index contributed by atoms with van der Waals surface area (Å²) in [5.41, 5.74) is 0.973. The molecule has 0 bridgehead atoms. The monoisotopic (exact) mass is 315 g/mol. The van der Waals surface area contributed by atoms with Crippen LogP contribution in [0.4, 0.5) is 5.69 Å². The van der Waals surface area contributed by atoms with E-state index in [-0.39, 0.29) is 17.4 Å². The van der Waals surface area contributed by atoms with Crippen LogP contribution in [0.3, 0.4) is 0 Å². The zero-order valence-corrected chi connectivity index (χ0v) is 14.9. The number of methoxy groups -OCH3 is 1. The average Bonchev–Trinajstić information content (AvgIpc) is 2.46. The van der Waals surface area contributed by atoms with Crippen molar-refractivity contribution in [1.82, 2.24) is 0 Å². The van der Waals surface area contributed by atoms with Crippen LogP contribution in [0.15, 0.2) is 36.4 Å². The second-order valence-corrected chi connectivity index (χ2v) is 7.37. The number of Topliss-reactive ketones (excluding diaryl/α,β-unsaturated/α-hetero) is 1. The Morgan fingerprint density at radius 3 is 2.74 bits per heavy atom. The molecule has 0 saturated carbocycles. The van der Waals surface area contributed by atoms with Crippen LogP contribution in [0.1, 0.15) is 40.5 Å². The van der Waals surface area contributed by atoms with Gasteiger partial charge in [-0.2, -0.15) is 0 Å². The van der Waals surface area contributed by atoms with Gasteiger partial charge in [0.25, 0.3) is 0 Å². The maximum absolute atomic E-state index is 12.9. The summed E-state index contributed by atoms with van der Waals surface area (Å²) in [5.74, 6) is 1.56. The Morgan fingerprint density at radius 1 is 1.39 bits per heavy atom. The maximum atomic E-state index is 12.9. The van der Waals surface area contributed by atoms with Gasteiger partial charge in [-0.1, -0.05) is 45.1 Å². The van der Waals surface area contributed by atoms with Crippen LogP contribution in [0.5, 0.6) is 5.75 Å². The minimum Gasteiger partial charge on any atom is -0.495 e. The molecule has 1 aromatic rings. The molecular weight excluding hydrogens is 286 g/mol. The SMILES string of the molecule is COc1ccccc1N[C@H](C)CC(=O)[C@@H]1[C@@H](C)C=CCC1(C)C. The number of carbonyl (C=O) groups excluding carboxylic acids is 1. The van der Waals surface area contributed by atoms with Gasteiger partial charge < -0.3 is 10.1 Å². The largest absolute Gasteiger partial charge is 0.495 e. The molecular formula is C20H29NO2. The van der Waals surface area contributed by atoms with Crippen molar-refractivity contribution in [3.05, 3.63) is 36.4 Å². The van der Waals surface area contributed by atoms with E-state index in [9.17, 15) is 4.79 Å². The summed E-state index contributed by atoms with van der Waals surface area (Å²) in [6, 6.07) is 7.89. The van der Waals surface area contributed by atoms with Crippen LogP contribution < -0.4 is 10.1 Å². The lowest BCUT2D eigenvalue weighted by Crippen LogP contribution is -2.39. The fourth-order valence-corrected chi connectivity index (χ4v) is 3.77. The number of ether oxygens (including phenoxy) is 1. The van der Waals surface area contributed by atoms with E-state index in [1.807, 2.05) is 24.3 Å². The molecule has 2 rings (SSSR count). The highest BCUT2D eigenvalue weighted by Gasteiger charge is 2.39. The third-order valence-electron chi connectivity index (χ3n) is 4.81. The Bertz CT molecular complexity index is 577. The first-order valence-corrected chi connectivity index (χ1v) is 8.44. The zero-order valence-electron chi connectivity index (χ0n) is 14.9. The normalized spacial score (nSPS) is 24.0. The summed E-state index contributed by atoms with van der Waals surface area (Å²) in [6.07, 6.45) is 5.91. The minimum atomic E-state index is 0.0371. The molecule has 3 heteroatoms. The number of hydrogen-bond donors (Lipinski definition) is 1. The molecule has 1 aliphatic rings. The molecule has 1 aliphatic carbocycles. The summed E-state index contributed by atoms with van der Waals surface area (Å²) in [6.45, 7) is 8.61. The van der Waals surface area contributed by atoms with Crippen molar-refractivity contribution < 1.29 is 9.53 Å². The number of nitrogens with one attached hydrogen (secondary N) is 1. The van der Waals surface area contributed by atoms with E-state index < -0.39 is 0 Å². The number of hydrogen-bond acceptors (Lipinski definition) is 3. The summed E-state index contributed by atoms with van der Waals surface area (Å²) < 4.78 is 5.36. The standard InChI is InChI=1S/C20H29NO2/c1-14-9-8-12-20(3,4)19(14)17(22)13-15(2)21-16-10-6-7-11-18(16)23-5/h6-11,14-15,19,21H,12-13H2,1-5H3/t14-,15+,19-/m0/s1. The van der Waals surface area contributed by atoms with E-state index in [0.29, 0.717) is 18.1 Å². The van der Waals surface area contributed by atoms with Crippen LogP contribution >= 0.6 is 0 Å². The quantitative estimate of drug-likeness (QED) is 0.774. The maximum Gasteiger partial charge on any atom is 0.141 e. The minimum absolute atomic E-state index is 0.0371. The first-order valence-electron chi connectivity index (χ1n) is 8.44. The number of para-hydroxylation sites is 2. The number of allylic oxidation sites excluding steroid dienone is 2. The Morgan fingerprint density at radius 2 is 2.09 bits per heavy atom. The summed E-state index contributed by atoms with van der Waals surface area (Å²) in [4.78, 5) is 12.9. The van der Waals surface area contributed by atoms with Crippen LogP contribution in [0, 0.1) is 17.3 Å². The Labute approximate surface area is 140 Å². The average molecular weight is 315 g/mol. The fraction of sp³-hybridized carbons (Fsp3) is 0.550. The van der Waals surface area contributed by atoms with Gasteiger partial charge in [0, 0.05) is 18.4 Å². The molecule has 0 unspecified atom stereocenters. The topological polar surface area (TPSA) is 38.3 Å². The molecule has 0 aromatic heterocycles. The van der Waals surface area contributed by atoms with E-state index in [1.165, 1.54) is 0 Å². The second kappa shape index (κ2) is 7.20. The molecule has 0 spiro atoms. The number of carbonyl (C=O) groups is 1. The summed E-state index contributed by atoms with van der Waals surface area (Å²) >= 11 is 0. The van der Waals surface area contributed by atoms with Crippen molar-refractivity contribution in [3.8, 4) is 5.75 Å². The van der Waals surface area contributed by atoms with Gasteiger partial charge in [0.15, 0.2) is 0 Å². The van der Waals surface area contributed by atoms with Gasteiger partial charge in [-0.15, -0.1) is 0 Å². The van der Waals surface area contributed by atoms with Crippen molar-refractivity contribution in [3.63, 3.8) is 0 Å². The number of ketones is 1. The molecule has 3 nitrogen and oxygen atoms in total. The smallest absolute Gasteiger partial charge is 0.141 e. The Kier molecular flexibility index (Phi) is 5.51. The van der Waals surface area contributed by atoms with Crippen molar-refractivity contribution in [2.45, 2.75) is 46.6 Å². The Balaban J connectivity index is 2.03. The first kappa shape index (κ1) is 17.6. The predicted octanol–water partition coefficient (Wildman–Crippen LogP) is 4.69. The highest BCUT2D eigenvalue weighted by atomic mass is 16.5. The lowest BCUT2D eigenvalue weighted by molar-refractivity contribution is -0.128. The van der Waals surface area contributed by atoms with Crippen LogP contribution in [-0.4, -0.2) is 18.9 Å². The molecule has 23 heavy (non-hydrogen) atoms. The third-order valence-corrected chi connectivity index (χ3v) is 4.81. The molecule has 0 fully saturated rings. The van der Waals surface area contributed by atoms with E-state index in [2.05, 4.69) is 45.2 Å². The molecule has 0 saturated heterocycles. The van der Waals surface area contributed by atoms with Crippen molar-refractivity contribution in [2.24, 2.45) is 17.3 Å². The molecule has 1 N–H and O–H groups in total. The number of rotatable bonds is 6. The van der Waals surface area contributed by atoms with Gasteiger partial charge in [-0.05, 0) is 36.8 Å². The highest BCUT2D eigenvalue weighted by molar-refractivity contribution is 5.83. The van der Waals surface area contributed by atoms with Crippen molar-refractivity contribution in [2.75, 3.05) is 12.4 Å². The van der Waals surface area contributed by atoms with Crippen molar-refractivity contribution >= 4 is 11.5 Å². The molecule has 0 radical (unpaired) electrons. The second-order valence-electron chi connectivity index (χ2n) is 7.37. The van der Waals surface area contributed by atoms with Crippen LogP contribution in [-0.2, 0) is 4.79 Å². The van der Waals surface area contributed by atoms with Gasteiger partial charge in [0.2, 0.25) is 0 Å². The molecule has 0 aliphatic heterocycles. The van der Waals surface area contributed by atoms with Crippen LogP contribution in [0.2, 0.25) is 0 Å². The van der Waals surface area contributed by atoms with E-state index in [1.54, 1.807) is 7.11 Å². The highest BCUT2D eigenvalue weighted by Crippen LogP contribution is 2.41. The van der Waals surface area contributed by atoms with Gasteiger partial charge in [0.1, 0.15) is 11.5 Å². The van der Waals surface area contributed by atoms with E-state index in [0.717, 1.165) is 17.9 Å². The van der Waals surface area contributed by atoms with Gasteiger partial charge in [-0.3, -0.25) is 4.79 Å². The van der Waals surface area contributed by atoms with Gasteiger partial charge in [0.05, 0.1) is 12.8 Å². The fourth-order valence-electron chi connectivity index (χ4n) is 3.77. The first-order chi connectivity index (χ1) is 10.8. The molecule has 0 amide bonds. The summed E-state index contributed by atoms with van der Waals surface area (Å²) in [7, 11) is 1.66.